The molecule has 32 heavy (non-hydrogen) atoms. The SMILES string of the molecule is CCCCCCCCCOC(=O)c1cc([N+](=O)[O-])cc2c1-c1ccc([N+](=O)[O-])cc1C2=O. The summed E-state index contributed by atoms with van der Waals surface area (Å²) in [6.07, 6.45) is 7.32. The molecule has 0 aromatic heterocycles. The van der Waals surface area contributed by atoms with Crippen LogP contribution in [0.25, 0.3) is 11.1 Å². The fraction of sp³-hybridized carbons (Fsp3) is 0.391. The van der Waals surface area contributed by atoms with Crippen LogP contribution >= 0.6 is 0 Å². The van der Waals surface area contributed by atoms with Crippen molar-refractivity contribution < 1.29 is 24.2 Å². The van der Waals surface area contributed by atoms with Gasteiger partial charge in [0.25, 0.3) is 11.4 Å². The van der Waals surface area contributed by atoms with Crippen LogP contribution in [0, 0.1) is 20.2 Å². The molecule has 9 nitrogen and oxygen atoms in total. The molecule has 2 aromatic carbocycles. The number of ketones is 1. The molecule has 0 spiro atoms. The summed E-state index contributed by atoms with van der Waals surface area (Å²) in [7, 11) is 0. The molecule has 0 saturated carbocycles. The van der Waals surface area contributed by atoms with E-state index in [4.69, 9.17) is 4.74 Å². The van der Waals surface area contributed by atoms with Gasteiger partial charge in [-0.1, -0.05) is 45.4 Å². The van der Waals surface area contributed by atoms with E-state index in [1.165, 1.54) is 31.4 Å². The number of unbranched alkanes of at least 4 members (excludes halogenated alkanes) is 6. The van der Waals surface area contributed by atoms with Crippen LogP contribution < -0.4 is 0 Å². The zero-order chi connectivity index (χ0) is 23.3. The standard InChI is InChI=1S/C23H24N2O7/c1-2-3-4-5-6-7-8-11-32-23(27)20-14-16(25(30)31)13-19-21(20)17-10-9-15(24(28)29)12-18(17)22(19)26/h9-10,12-14H,2-8,11H2,1H3. The summed E-state index contributed by atoms with van der Waals surface area (Å²) in [5.41, 5.74) is -0.223. The van der Waals surface area contributed by atoms with Gasteiger partial charge in [0, 0.05) is 41.0 Å². The fourth-order valence-electron chi connectivity index (χ4n) is 3.86. The minimum absolute atomic E-state index is 0.0300. The Kier molecular flexibility index (Phi) is 7.29. The van der Waals surface area contributed by atoms with Crippen LogP contribution in [0.4, 0.5) is 11.4 Å². The number of nitrogens with zero attached hydrogens (tertiary/aromatic N) is 2. The second-order valence-electron chi connectivity index (χ2n) is 7.75. The zero-order valence-electron chi connectivity index (χ0n) is 17.8. The maximum absolute atomic E-state index is 12.8. The minimum Gasteiger partial charge on any atom is -0.462 e. The smallest absolute Gasteiger partial charge is 0.339 e. The van der Waals surface area contributed by atoms with Crippen molar-refractivity contribution in [3.05, 3.63) is 67.3 Å². The molecule has 0 bridgehead atoms. The Morgan fingerprint density at radius 1 is 0.844 bits per heavy atom. The third-order valence-corrected chi connectivity index (χ3v) is 5.51. The number of hydrogen-bond donors (Lipinski definition) is 0. The predicted octanol–water partition coefficient (Wildman–Crippen LogP) is 5.62. The first-order valence-corrected chi connectivity index (χ1v) is 10.7. The summed E-state index contributed by atoms with van der Waals surface area (Å²) < 4.78 is 5.35. The lowest BCUT2D eigenvalue weighted by Crippen LogP contribution is -2.10. The quantitative estimate of drug-likeness (QED) is 0.164. The Hall–Kier alpha value is -3.62. The number of carbonyl (C=O) groups excluding carboxylic acids is 2. The average molecular weight is 440 g/mol. The first kappa shape index (κ1) is 23.1. The highest BCUT2D eigenvalue weighted by Gasteiger charge is 2.35. The Balaban J connectivity index is 1.82. The predicted molar refractivity (Wildman–Crippen MR) is 117 cm³/mol. The van der Waals surface area contributed by atoms with Crippen molar-refractivity contribution in [1.29, 1.82) is 0 Å². The number of carbonyl (C=O) groups is 2. The summed E-state index contributed by atoms with van der Waals surface area (Å²) in [5, 5.41) is 22.4. The number of non-ortho nitro benzene ring substituents is 2. The number of nitro benzene ring substituents is 2. The van der Waals surface area contributed by atoms with Crippen molar-refractivity contribution in [2.24, 2.45) is 0 Å². The summed E-state index contributed by atoms with van der Waals surface area (Å²) in [6, 6.07) is 5.93. The molecule has 0 saturated heterocycles. The number of hydrogen-bond acceptors (Lipinski definition) is 7. The van der Waals surface area contributed by atoms with E-state index in [0.29, 0.717) is 12.0 Å². The summed E-state index contributed by atoms with van der Waals surface area (Å²) in [5.74, 6) is -1.35. The third kappa shape index (κ3) is 4.82. The molecular weight excluding hydrogens is 416 g/mol. The Bertz CT molecular complexity index is 1080. The molecular formula is C23H24N2O7. The molecule has 0 N–H and O–H groups in total. The lowest BCUT2D eigenvalue weighted by Gasteiger charge is -2.10. The van der Waals surface area contributed by atoms with Crippen molar-refractivity contribution in [2.75, 3.05) is 6.61 Å². The van der Waals surface area contributed by atoms with E-state index in [0.717, 1.165) is 37.5 Å². The minimum atomic E-state index is -0.755. The van der Waals surface area contributed by atoms with Gasteiger partial charge in [-0.05, 0) is 18.1 Å². The highest BCUT2D eigenvalue weighted by atomic mass is 16.6. The summed E-state index contributed by atoms with van der Waals surface area (Å²) in [6.45, 7) is 2.32. The second-order valence-corrected chi connectivity index (χ2v) is 7.75. The monoisotopic (exact) mass is 440 g/mol. The lowest BCUT2D eigenvalue weighted by atomic mass is 9.98. The Morgan fingerprint density at radius 3 is 2.12 bits per heavy atom. The van der Waals surface area contributed by atoms with Gasteiger partial charge in [-0.25, -0.2) is 4.79 Å². The van der Waals surface area contributed by atoms with Gasteiger partial charge in [0.15, 0.2) is 5.78 Å². The number of fused-ring (bicyclic) bond motifs is 3. The fourth-order valence-corrected chi connectivity index (χ4v) is 3.86. The van der Waals surface area contributed by atoms with Crippen LogP contribution in [0.1, 0.15) is 78.1 Å². The molecule has 0 atom stereocenters. The number of esters is 1. The van der Waals surface area contributed by atoms with Gasteiger partial charge in [0.05, 0.1) is 22.0 Å². The maximum atomic E-state index is 12.8. The molecule has 2 aromatic rings. The molecule has 3 rings (SSSR count). The van der Waals surface area contributed by atoms with Crippen LogP contribution in [-0.2, 0) is 4.74 Å². The van der Waals surface area contributed by atoms with E-state index in [9.17, 15) is 29.8 Å². The van der Waals surface area contributed by atoms with Crippen LogP contribution in [0.3, 0.4) is 0 Å². The van der Waals surface area contributed by atoms with Crippen molar-refractivity contribution >= 4 is 23.1 Å². The second kappa shape index (κ2) is 10.1. The third-order valence-electron chi connectivity index (χ3n) is 5.51. The maximum Gasteiger partial charge on any atom is 0.339 e. The van der Waals surface area contributed by atoms with Crippen LogP contribution in [0.2, 0.25) is 0 Å². The number of ether oxygens (including phenoxy) is 1. The zero-order valence-corrected chi connectivity index (χ0v) is 17.8. The van der Waals surface area contributed by atoms with Crippen molar-refractivity contribution in [1.82, 2.24) is 0 Å². The van der Waals surface area contributed by atoms with E-state index in [2.05, 4.69) is 6.92 Å². The molecule has 0 heterocycles. The molecule has 0 fully saturated rings. The molecule has 168 valence electrons. The summed E-state index contributed by atoms with van der Waals surface area (Å²) in [4.78, 5) is 46.7. The summed E-state index contributed by atoms with van der Waals surface area (Å²) >= 11 is 0. The van der Waals surface area contributed by atoms with Gasteiger partial charge in [0.2, 0.25) is 0 Å². The molecule has 1 aliphatic rings. The van der Waals surface area contributed by atoms with E-state index < -0.39 is 27.3 Å². The van der Waals surface area contributed by atoms with E-state index in [-0.39, 0.29) is 34.5 Å². The number of nitro groups is 2. The van der Waals surface area contributed by atoms with Gasteiger partial charge in [0.1, 0.15) is 0 Å². The first-order valence-electron chi connectivity index (χ1n) is 10.7. The van der Waals surface area contributed by atoms with E-state index in [1.54, 1.807) is 0 Å². The van der Waals surface area contributed by atoms with Crippen molar-refractivity contribution in [3.8, 4) is 11.1 Å². The number of benzene rings is 2. The van der Waals surface area contributed by atoms with Gasteiger partial charge < -0.3 is 4.74 Å². The molecule has 0 unspecified atom stereocenters. The topological polar surface area (TPSA) is 130 Å². The van der Waals surface area contributed by atoms with Crippen molar-refractivity contribution in [2.45, 2.75) is 51.9 Å². The van der Waals surface area contributed by atoms with Crippen LogP contribution in [0.5, 0.6) is 0 Å². The van der Waals surface area contributed by atoms with E-state index >= 15 is 0 Å². The molecule has 0 aliphatic heterocycles. The Morgan fingerprint density at radius 2 is 1.47 bits per heavy atom. The average Bonchev–Trinajstić information content (AvgIpc) is 3.06. The molecule has 9 heteroatoms. The Labute approximate surface area is 184 Å². The first-order chi connectivity index (χ1) is 15.3. The lowest BCUT2D eigenvalue weighted by molar-refractivity contribution is -0.385. The van der Waals surface area contributed by atoms with Crippen LogP contribution in [0.15, 0.2) is 30.3 Å². The number of rotatable bonds is 11. The highest BCUT2D eigenvalue weighted by Crippen LogP contribution is 2.42. The van der Waals surface area contributed by atoms with Gasteiger partial charge in [-0.2, -0.15) is 0 Å². The van der Waals surface area contributed by atoms with Crippen molar-refractivity contribution in [3.63, 3.8) is 0 Å². The van der Waals surface area contributed by atoms with Gasteiger partial charge in [-0.15, -0.1) is 0 Å². The molecule has 0 radical (unpaired) electrons. The molecule has 1 aliphatic carbocycles. The van der Waals surface area contributed by atoms with Gasteiger partial charge in [-0.3, -0.25) is 25.0 Å². The van der Waals surface area contributed by atoms with Gasteiger partial charge >= 0.3 is 5.97 Å². The highest BCUT2D eigenvalue weighted by molar-refractivity contribution is 6.24. The van der Waals surface area contributed by atoms with Crippen LogP contribution in [-0.4, -0.2) is 28.2 Å². The molecule has 0 amide bonds. The largest absolute Gasteiger partial charge is 0.462 e. The normalized spacial score (nSPS) is 11.7. The van der Waals surface area contributed by atoms with E-state index in [1.807, 2.05) is 0 Å².